The number of fused-ring (bicyclic) bond motifs is 1. The highest BCUT2D eigenvalue weighted by Gasteiger charge is 2.11. The number of H-pyrrole nitrogens is 1. The van der Waals surface area contributed by atoms with Crippen LogP contribution < -0.4 is 0 Å². The lowest BCUT2D eigenvalue weighted by molar-refractivity contribution is 0.988. The molecule has 90 valence electrons. The van der Waals surface area contributed by atoms with E-state index in [1.54, 1.807) is 11.3 Å². The summed E-state index contributed by atoms with van der Waals surface area (Å²) < 4.78 is 1.99. The van der Waals surface area contributed by atoms with E-state index in [0.29, 0.717) is 0 Å². The van der Waals surface area contributed by atoms with E-state index in [2.05, 4.69) is 46.8 Å². The molecule has 2 heterocycles. The standard InChI is InChI=1S/C14H12N2S2/c1-8-9(2)14(17)16-15-12(8)11-5-3-4-10-6-7-18-13(10)11/h3-7H,1-2H3,(H,16,17). The van der Waals surface area contributed by atoms with Crippen molar-refractivity contribution in [3.05, 3.63) is 45.4 Å². The first-order valence-corrected chi connectivity index (χ1v) is 7.00. The number of nitrogens with one attached hydrogen (secondary N) is 1. The Morgan fingerprint density at radius 3 is 2.83 bits per heavy atom. The van der Waals surface area contributed by atoms with Crippen LogP contribution in [0.3, 0.4) is 0 Å². The molecule has 18 heavy (non-hydrogen) atoms. The van der Waals surface area contributed by atoms with Gasteiger partial charge in [0.15, 0.2) is 0 Å². The Kier molecular flexibility index (Phi) is 2.76. The van der Waals surface area contributed by atoms with Gasteiger partial charge in [0.1, 0.15) is 4.64 Å². The summed E-state index contributed by atoms with van der Waals surface area (Å²) in [7, 11) is 0. The fourth-order valence-corrected chi connectivity index (χ4v) is 3.18. The van der Waals surface area contributed by atoms with Gasteiger partial charge >= 0.3 is 0 Å². The van der Waals surface area contributed by atoms with Crippen LogP contribution in [0.15, 0.2) is 29.6 Å². The molecule has 0 spiro atoms. The summed E-state index contributed by atoms with van der Waals surface area (Å²) in [4.78, 5) is 0. The van der Waals surface area contributed by atoms with Crippen LogP contribution in [0.4, 0.5) is 0 Å². The highest BCUT2D eigenvalue weighted by molar-refractivity contribution is 7.71. The highest BCUT2D eigenvalue weighted by atomic mass is 32.1. The predicted molar refractivity (Wildman–Crippen MR) is 79.7 cm³/mol. The Morgan fingerprint density at radius 2 is 2.00 bits per heavy atom. The Balaban J connectivity index is 2.36. The number of rotatable bonds is 1. The van der Waals surface area contributed by atoms with Crippen molar-refractivity contribution in [2.24, 2.45) is 0 Å². The zero-order chi connectivity index (χ0) is 12.7. The van der Waals surface area contributed by atoms with Crippen LogP contribution in [0.2, 0.25) is 0 Å². The summed E-state index contributed by atoms with van der Waals surface area (Å²) in [6, 6.07) is 8.45. The number of hydrogen-bond donors (Lipinski definition) is 1. The molecular formula is C14H12N2S2. The average molecular weight is 272 g/mol. The molecule has 0 unspecified atom stereocenters. The van der Waals surface area contributed by atoms with Gasteiger partial charge < -0.3 is 0 Å². The Hall–Kier alpha value is -1.52. The molecule has 0 aliphatic rings. The summed E-state index contributed by atoms with van der Waals surface area (Å²) in [6.07, 6.45) is 0. The van der Waals surface area contributed by atoms with Crippen LogP contribution in [0, 0.1) is 18.5 Å². The molecule has 0 saturated carbocycles. The maximum atomic E-state index is 5.21. The SMILES string of the molecule is Cc1c(-c2cccc3ccsc23)n[nH]c(=S)c1C. The van der Waals surface area contributed by atoms with E-state index >= 15 is 0 Å². The molecule has 0 atom stereocenters. The quantitative estimate of drug-likeness (QED) is 0.654. The molecule has 0 aliphatic heterocycles. The minimum absolute atomic E-state index is 0.717. The highest BCUT2D eigenvalue weighted by Crippen LogP contribution is 2.33. The van der Waals surface area contributed by atoms with E-state index in [0.717, 1.165) is 21.5 Å². The van der Waals surface area contributed by atoms with Gasteiger partial charge in [0.05, 0.1) is 5.69 Å². The Morgan fingerprint density at radius 1 is 1.17 bits per heavy atom. The summed E-state index contributed by atoms with van der Waals surface area (Å²) in [5, 5.41) is 10.7. The summed E-state index contributed by atoms with van der Waals surface area (Å²) in [5.41, 5.74) is 4.42. The second-order valence-electron chi connectivity index (χ2n) is 4.30. The van der Waals surface area contributed by atoms with Crippen LogP contribution in [0.1, 0.15) is 11.1 Å². The van der Waals surface area contributed by atoms with E-state index in [4.69, 9.17) is 12.2 Å². The molecule has 0 fully saturated rings. The van der Waals surface area contributed by atoms with Gasteiger partial charge in [-0.15, -0.1) is 11.3 Å². The van der Waals surface area contributed by atoms with Crippen molar-refractivity contribution in [3.63, 3.8) is 0 Å². The number of benzene rings is 1. The maximum Gasteiger partial charge on any atom is 0.122 e. The van der Waals surface area contributed by atoms with Crippen LogP contribution in [0.5, 0.6) is 0 Å². The van der Waals surface area contributed by atoms with Crippen LogP contribution in [-0.2, 0) is 0 Å². The first kappa shape index (κ1) is 11.6. The van der Waals surface area contributed by atoms with Gasteiger partial charge in [-0.3, -0.25) is 5.10 Å². The molecule has 2 nitrogen and oxygen atoms in total. The van der Waals surface area contributed by atoms with Gasteiger partial charge in [0.2, 0.25) is 0 Å². The van der Waals surface area contributed by atoms with Crippen molar-refractivity contribution >= 4 is 33.6 Å². The van der Waals surface area contributed by atoms with Gasteiger partial charge in [-0.2, -0.15) is 5.10 Å². The number of nitrogens with zero attached hydrogens (tertiary/aromatic N) is 1. The molecule has 0 saturated heterocycles. The van der Waals surface area contributed by atoms with E-state index < -0.39 is 0 Å². The average Bonchev–Trinajstić information content (AvgIpc) is 2.84. The van der Waals surface area contributed by atoms with Gasteiger partial charge in [0, 0.05) is 10.3 Å². The predicted octanol–water partition coefficient (Wildman–Crippen LogP) is 4.64. The largest absolute Gasteiger partial charge is 0.267 e. The normalized spacial score (nSPS) is 11.0. The summed E-state index contributed by atoms with van der Waals surface area (Å²) in [5.74, 6) is 0. The van der Waals surface area contributed by atoms with Gasteiger partial charge in [-0.25, -0.2) is 0 Å². The van der Waals surface area contributed by atoms with Crippen molar-refractivity contribution in [1.29, 1.82) is 0 Å². The minimum Gasteiger partial charge on any atom is -0.267 e. The second-order valence-corrected chi connectivity index (χ2v) is 5.62. The van der Waals surface area contributed by atoms with E-state index in [1.165, 1.54) is 15.6 Å². The number of hydrogen-bond acceptors (Lipinski definition) is 3. The van der Waals surface area contributed by atoms with Gasteiger partial charge in [-0.05, 0) is 41.8 Å². The third-order valence-electron chi connectivity index (χ3n) is 3.26. The third kappa shape index (κ3) is 1.69. The van der Waals surface area contributed by atoms with E-state index in [9.17, 15) is 0 Å². The lowest BCUT2D eigenvalue weighted by Crippen LogP contribution is -1.96. The molecule has 0 amide bonds. The smallest absolute Gasteiger partial charge is 0.122 e. The third-order valence-corrected chi connectivity index (χ3v) is 4.62. The number of aromatic amines is 1. The first-order valence-electron chi connectivity index (χ1n) is 5.71. The van der Waals surface area contributed by atoms with Crippen molar-refractivity contribution in [2.45, 2.75) is 13.8 Å². The van der Waals surface area contributed by atoms with Crippen molar-refractivity contribution in [2.75, 3.05) is 0 Å². The fourth-order valence-electron chi connectivity index (χ4n) is 2.06. The first-order chi connectivity index (χ1) is 8.68. The molecule has 0 aliphatic carbocycles. The van der Waals surface area contributed by atoms with E-state index in [-0.39, 0.29) is 0 Å². The van der Waals surface area contributed by atoms with Gasteiger partial charge in [0.25, 0.3) is 0 Å². The van der Waals surface area contributed by atoms with Crippen LogP contribution in [-0.4, -0.2) is 10.2 Å². The lowest BCUT2D eigenvalue weighted by atomic mass is 10.0. The molecule has 2 aromatic heterocycles. The van der Waals surface area contributed by atoms with Crippen LogP contribution in [0.25, 0.3) is 21.3 Å². The summed E-state index contributed by atoms with van der Waals surface area (Å²) >= 11 is 6.96. The summed E-state index contributed by atoms with van der Waals surface area (Å²) in [6.45, 7) is 4.11. The molecule has 1 N–H and O–H groups in total. The second kappa shape index (κ2) is 4.30. The molecule has 0 radical (unpaired) electrons. The molecule has 4 heteroatoms. The Bertz CT molecular complexity index is 784. The molecular weight excluding hydrogens is 260 g/mol. The number of aromatic nitrogens is 2. The van der Waals surface area contributed by atoms with Crippen molar-refractivity contribution in [1.82, 2.24) is 10.2 Å². The Labute approximate surface area is 114 Å². The monoisotopic (exact) mass is 272 g/mol. The molecule has 3 rings (SSSR count). The zero-order valence-electron chi connectivity index (χ0n) is 10.2. The molecule has 3 aromatic rings. The number of thiophene rings is 1. The lowest BCUT2D eigenvalue weighted by Gasteiger charge is -2.08. The molecule has 1 aromatic carbocycles. The zero-order valence-corrected chi connectivity index (χ0v) is 11.8. The topological polar surface area (TPSA) is 28.7 Å². The maximum absolute atomic E-state index is 5.21. The fraction of sp³-hybridized carbons (Fsp3) is 0.143. The van der Waals surface area contributed by atoms with Gasteiger partial charge in [-0.1, -0.05) is 30.4 Å². The van der Waals surface area contributed by atoms with Crippen molar-refractivity contribution in [3.8, 4) is 11.3 Å². The van der Waals surface area contributed by atoms with Crippen molar-refractivity contribution < 1.29 is 0 Å². The van der Waals surface area contributed by atoms with Crippen LogP contribution >= 0.6 is 23.6 Å². The van der Waals surface area contributed by atoms with E-state index in [1.807, 2.05) is 6.92 Å². The molecule has 0 bridgehead atoms. The minimum atomic E-state index is 0.717.